The summed E-state index contributed by atoms with van der Waals surface area (Å²) in [5.41, 5.74) is 13.4. The van der Waals surface area contributed by atoms with Crippen LogP contribution in [0, 0.1) is 0 Å². The van der Waals surface area contributed by atoms with Crippen LogP contribution in [0.4, 0.5) is 0 Å². The maximum atomic E-state index is 6.72. The average molecular weight is 417 g/mol. The Labute approximate surface area is 174 Å². The summed E-state index contributed by atoms with van der Waals surface area (Å²) in [5, 5.41) is 0.305. The molecule has 0 saturated carbocycles. The lowest BCUT2D eigenvalue weighted by molar-refractivity contribution is 0.124. The lowest BCUT2D eigenvalue weighted by atomic mass is 10.0. The molecule has 0 aliphatic rings. The minimum atomic E-state index is -0.812. The van der Waals surface area contributed by atoms with Crippen molar-refractivity contribution in [2.45, 2.75) is 127 Å². The van der Waals surface area contributed by atoms with Crippen molar-refractivity contribution >= 4 is 17.6 Å². The minimum Gasteiger partial charge on any atom is -0.381 e. The largest absolute Gasteiger partial charge is 0.381 e. The molecule has 0 aromatic carbocycles. The molecule has 27 heavy (non-hydrogen) atoms. The molecule has 3 nitrogen and oxygen atoms in total. The zero-order valence-corrected chi connectivity index (χ0v) is 21.9. The zero-order chi connectivity index (χ0) is 20.8. The van der Waals surface area contributed by atoms with Gasteiger partial charge in [-0.25, -0.2) is 0 Å². The fraction of sp³-hybridized carbons (Fsp3) is 1.00. The van der Waals surface area contributed by atoms with Gasteiger partial charge in [0, 0.05) is 23.5 Å². The average Bonchev–Trinajstić information content (AvgIpc) is 2.63. The topological polar surface area (TPSA) is 61.3 Å². The lowest BCUT2D eigenvalue weighted by Crippen LogP contribution is -2.51. The second-order valence-corrected chi connectivity index (χ2v) is 16.4. The van der Waals surface area contributed by atoms with E-state index in [1.54, 1.807) is 0 Å². The number of unbranched alkanes of at least 4 members (excludes halogenated alkanes) is 4. The molecule has 0 aromatic rings. The summed E-state index contributed by atoms with van der Waals surface area (Å²) >= 11 is 0. The summed E-state index contributed by atoms with van der Waals surface area (Å²) < 4.78 is 5.89. The summed E-state index contributed by atoms with van der Waals surface area (Å²) in [6, 6.07) is 0. The zero-order valence-electron chi connectivity index (χ0n) is 19.6. The number of nitrogens with two attached hydrogens (primary N) is 2. The van der Waals surface area contributed by atoms with E-state index in [-0.39, 0.29) is 10.3 Å². The molecule has 2 atom stereocenters. The third-order valence-corrected chi connectivity index (χ3v) is 12.4. The number of hydrogen-bond donors (Lipinski definition) is 2. The highest BCUT2D eigenvalue weighted by molar-refractivity contribution is 6.59. The molecule has 0 aromatic heterocycles. The van der Waals surface area contributed by atoms with Crippen molar-refractivity contribution in [3.63, 3.8) is 0 Å². The van der Waals surface area contributed by atoms with Crippen molar-refractivity contribution in [2.24, 2.45) is 11.5 Å². The van der Waals surface area contributed by atoms with E-state index < -0.39 is 17.6 Å². The number of rotatable bonds is 18. The highest BCUT2D eigenvalue weighted by Crippen LogP contribution is 2.23. The molecule has 0 amide bonds. The quantitative estimate of drug-likeness (QED) is 0.239. The van der Waals surface area contributed by atoms with E-state index in [1.807, 2.05) is 0 Å². The van der Waals surface area contributed by atoms with E-state index in [4.69, 9.17) is 16.2 Å². The maximum Gasteiger partial charge on any atom is 0.0542 e. The minimum absolute atomic E-state index is 0.152. The Hall–Kier alpha value is 0.314. The second-order valence-electron chi connectivity index (χ2n) is 9.51. The van der Waals surface area contributed by atoms with Gasteiger partial charge in [-0.15, -0.1) is 0 Å². The smallest absolute Gasteiger partial charge is 0.0542 e. The first-order valence-electron chi connectivity index (χ1n) is 11.9. The standard InChI is InChI=1S/C22H52N2OSi2/c1-7-9-15-21(23,26(3)4)17-11-13-19-25-20-14-12-18-22(24,27(5)6)16-10-8-2/h26-27H,7-20,23-24H2,1-6H3. The molecule has 0 spiro atoms. The maximum absolute atomic E-state index is 6.72. The van der Waals surface area contributed by atoms with Crippen LogP contribution in [0.1, 0.15) is 90.9 Å². The first-order chi connectivity index (χ1) is 12.7. The third-order valence-electron chi connectivity index (χ3n) is 6.65. The summed E-state index contributed by atoms with van der Waals surface area (Å²) in [6.07, 6.45) is 14.6. The normalized spacial score (nSPS) is 16.7. The highest BCUT2D eigenvalue weighted by atomic mass is 28.3. The molecule has 0 heterocycles. The van der Waals surface area contributed by atoms with E-state index in [1.165, 1.54) is 64.2 Å². The molecule has 0 radical (unpaired) electrons. The van der Waals surface area contributed by atoms with Gasteiger partial charge < -0.3 is 16.2 Å². The molecule has 0 rings (SSSR count). The first-order valence-corrected chi connectivity index (χ1v) is 17.6. The monoisotopic (exact) mass is 416 g/mol. The molecule has 4 N–H and O–H groups in total. The molecule has 5 heteroatoms. The van der Waals surface area contributed by atoms with Crippen molar-refractivity contribution in [3.8, 4) is 0 Å². The van der Waals surface area contributed by atoms with Crippen LogP contribution in [0.15, 0.2) is 0 Å². The Bertz CT molecular complexity index is 323. The summed E-state index contributed by atoms with van der Waals surface area (Å²) in [5.74, 6) is 0. The van der Waals surface area contributed by atoms with Crippen LogP contribution >= 0.6 is 0 Å². The van der Waals surface area contributed by atoms with E-state index in [9.17, 15) is 0 Å². The van der Waals surface area contributed by atoms with Gasteiger partial charge in [-0.2, -0.15) is 0 Å². The molecule has 0 fully saturated rings. The third kappa shape index (κ3) is 11.8. The molecule has 0 saturated heterocycles. The van der Waals surface area contributed by atoms with Crippen LogP contribution < -0.4 is 11.5 Å². The van der Waals surface area contributed by atoms with Crippen LogP contribution in [-0.4, -0.2) is 41.1 Å². The lowest BCUT2D eigenvalue weighted by Gasteiger charge is -2.33. The Kier molecular flexibility index (Phi) is 15.4. The fourth-order valence-electron chi connectivity index (χ4n) is 3.84. The van der Waals surface area contributed by atoms with E-state index >= 15 is 0 Å². The van der Waals surface area contributed by atoms with Crippen molar-refractivity contribution in [3.05, 3.63) is 0 Å². The van der Waals surface area contributed by atoms with Gasteiger partial charge in [-0.1, -0.05) is 65.7 Å². The Balaban J connectivity index is 3.85. The van der Waals surface area contributed by atoms with Crippen molar-refractivity contribution in [2.75, 3.05) is 13.2 Å². The van der Waals surface area contributed by atoms with Gasteiger partial charge in [-0.05, 0) is 51.4 Å². The Morgan fingerprint density at radius 2 is 0.926 bits per heavy atom. The van der Waals surface area contributed by atoms with Gasteiger partial charge in [0.15, 0.2) is 0 Å². The van der Waals surface area contributed by atoms with Gasteiger partial charge in [0.05, 0.1) is 17.6 Å². The van der Waals surface area contributed by atoms with Gasteiger partial charge in [0.1, 0.15) is 0 Å². The van der Waals surface area contributed by atoms with E-state index in [0.29, 0.717) is 0 Å². The molecule has 0 bridgehead atoms. The van der Waals surface area contributed by atoms with Crippen LogP contribution in [0.25, 0.3) is 0 Å². The van der Waals surface area contributed by atoms with Gasteiger partial charge in [0.25, 0.3) is 0 Å². The fourth-order valence-corrected chi connectivity index (χ4v) is 6.96. The Morgan fingerprint density at radius 3 is 1.22 bits per heavy atom. The van der Waals surface area contributed by atoms with E-state index in [2.05, 4.69) is 40.0 Å². The predicted molar refractivity (Wildman–Crippen MR) is 129 cm³/mol. The second kappa shape index (κ2) is 15.2. The van der Waals surface area contributed by atoms with Gasteiger partial charge in [-0.3, -0.25) is 0 Å². The molecule has 2 unspecified atom stereocenters. The molecular weight excluding hydrogens is 364 g/mol. The summed E-state index contributed by atoms with van der Waals surface area (Å²) in [4.78, 5) is 0. The Morgan fingerprint density at radius 1 is 0.593 bits per heavy atom. The van der Waals surface area contributed by atoms with Crippen molar-refractivity contribution < 1.29 is 4.74 Å². The number of ether oxygens (including phenoxy) is 1. The number of hydrogen-bond acceptors (Lipinski definition) is 3. The SMILES string of the molecule is CCCCC(N)(CCCCOCCCCC(N)(CCCC)[SiH](C)C)[SiH](C)C. The predicted octanol–water partition coefficient (Wildman–Crippen LogP) is 5.17. The molecule has 0 aliphatic heterocycles. The first kappa shape index (κ1) is 27.3. The van der Waals surface area contributed by atoms with Gasteiger partial charge in [0.2, 0.25) is 0 Å². The van der Waals surface area contributed by atoms with Gasteiger partial charge >= 0.3 is 0 Å². The van der Waals surface area contributed by atoms with Crippen LogP contribution in [0.5, 0.6) is 0 Å². The van der Waals surface area contributed by atoms with Crippen LogP contribution in [0.3, 0.4) is 0 Å². The molecule has 0 aliphatic carbocycles. The molecular formula is C22H52N2OSi2. The molecule has 164 valence electrons. The highest BCUT2D eigenvalue weighted by Gasteiger charge is 2.29. The van der Waals surface area contributed by atoms with Crippen molar-refractivity contribution in [1.82, 2.24) is 0 Å². The van der Waals surface area contributed by atoms with Crippen LogP contribution in [-0.2, 0) is 4.74 Å². The van der Waals surface area contributed by atoms with Crippen molar-refractivity contribution in [1.29, 1.82) is 0 Å². The summed E-state index contributed by atoms with van der Waals surface area (Å²) in [7, 11) is -1.62. The van der Waals surface area contributed by atoms with E-state index in [0.717, 1.165) is 26.1 Å². The van der Waals surface area contributed by atoms with Crippen LogP contribution in [0.2, 0.25) is 26.2 Å². The summed E-state index contributed by atoms with van der Waals surface area (Å²) in [6.45, 7) is 15.9.